The minimum absolute atomic E-state index is 0.126. The number of hydrogen-bond donors (Lipinski definition) is 1. The van der Waals surface area contributed by atoms with E-state index in [4.69, 9.17) is 25.3 Å². The van der Waals surface area contributed by atoms with Crippen molar-refractivity contribution in [2.45, 2.75) is 0 Å². The molecule has 1 heterocycles. The van der Waals surface area contributed by atoms with Crippen molar-refractivity contribution < 1.29 is 18.3 Å². The van der Waals surface area contributed by atoms with Crippen LogP contribution in [0.25, 0.3) is 11.0 Å². The van der Waals surface area contributed by atoms with Gasteiger partial charge in [0, 0.05) is 21.3 Å². The van der Waals surface area contributed by atoms with Crippen molar-refractivity contribution in [2.24, 2.45) is 0 Å². The predicted octanol–water partition coefficient (Wildman–Crippen LogP) is 1.89. The van der Waals surface area contributed by atoms with Crippen LogP contribution in [-0.4, -0.2) is 32.0 Å². The average molecular weight is 342 g/mol. The van der Waals surface area contributed by atoms with E-state index in [1.54, 1.807) is 24.3 Å². The van der Waals surface area contributed by atoms with Crippen molar-refractivity contribution in [1.82, 2.24) is 10.2 Å². The van der Waals surface area contributed by atoms with Crippen molar-refractivity contribution in [3.8, 4) is 0 Å². The van der Waals surface area contributed by atoms with Gasteiger partial charge in [0.1, 0.15) is 17.4 Å². The first-order valence-corrected chi connectivity index (χ1v) is 8.79. The monoisotopic (exact) mass is 342 g/mol. The van der Waals surface area contributed by atoms with Crippen LogP contribution in [0.15, 0.2) is 39.7 Å². The maximum Gasteiger partial charge on any atom is 0.281 e. The number of rotatable bonds is 5. The fourth-order valence-electron chi connectivity index (χ4n) is 1.82. The number of carbonyl (C=O) groups excluding carboxylic acids is 1. The maximum absolute atomic E-state index is 12.3. The van der Waals surface area contributed by atoms with Gasteiger partial charge in [0.15, 0.2) is 0 Å². The molecule has 0 aliphatic rings. The molecule has 2 rings (SSSR count). The Labute approximate surface area is 132 Å². The molecule has 1 N–H and O–H groups in total. The summed E-state index contributed by atoms with van der Waals surface area (Å²) in [4.78, 5) is 24.6. The Hall–Kier alpha value is -1.57. The SMILES string of the molecule is COP(=S)(OC)N(C)NC(=O)c1coc2ccccc2c1=O. The lowest BCUT2D eigenvalue weighted by atomic mass is 10.2. The lowest BCUT2D eigenvalue weighted by molar-refractivity contribution is 0.0874. The minimum Gasteiger partial charge on any atom is -0.463 e. The fourth-order valence-corrected chi connectivity index (χ4v) is 2.80. The van der Waals surface area contributed by atoms with Crippen molar-refractivity contribution >= 4 is 35.3 Å². The molecule has 0 aliphatic heterocycles. The summed E-state index contributed by atoms with van der Waals surface area (Å²) >= 11 is 5.18. The maximum atomic E-state index is 12.3. The van der Waals surface area contributed by atoms with Crippen molar-refractivity contribution in [1.29, 1.82) is 0 Å². The summed E-state index contributed by atoms with van der Waals surface area (Å²) in [5.74, 6) is -0.648. The van der Waals surface area contributed by atoms with Crippen LogP contribution in [0.4, 0.5) is 0 Å². The summed E-state index contributed by atoms with van der Waals surface area (Å²) < 4.78 is 16.8. The molecule has 1 amide bonds. The summed E-state index contributed by atoms with van der Waals surface area (Å²) in [5, 5.41) is 0.329. The minimum atomic E-state index is -2.81. The first-order chi connectivity index (χ1) is 10.4. The van der Waals surface area contributed by atoms with Gasteiger partial charge in [-0.1, -0.05) is 12.1 Å². The summed E-state index contributed by atoms with van der Waals surface area (Å²) in [7, 11) is 4.28. The van der Waals surface area contributed by atoms with E-state index in [1.165, 1.54) is 26.0 Å². The molecule has 0 atom stereocenters. The van der Waals surface area contributed by atoms with Crippen LogP contribution in [0.1, 0.15) is 10.4 Å². The van der Waals surface area contributed by atoms with Gasteiger partial charge in [0.05, 0.1) is 5.39 Å². The van der Waals surface area contributed by atoms with E-state index in [-0.39, 0.29) is 5.56 Å². The molecule has 0 saturated carbocycles. The van der Waals surface area contributed by atoms with Gasteiger partial charge >= 0.3 is 0 Å². The average Bonchev–Trinajstić information content (AvgIpc) is 2.54. The summed E-state index contributed by atoms with van der Waals surface area (Å²) in [5.41, 5.74) is 2.34. The Morgan fingerprint density at radius 3 is 2.59 bits per heavy atom. The van der Waals surface area contributed by atoms with E-state index in [0.717, 1.165) is 6.26 Å². The zero-order valence-corrected chi connectivity index (χ0v) is 13.9. The molecule has 1 aromatic carbocycles. The first-order valence-electron chi connectivity index (χ1n) is 6.20. The van der Waals surface area contributed by atoms with E-state index < -0.39 is 18.0 Å². The molecule has 0 unspecified atom stereocenters. The molecule has 0 bridgehead atoms. The molecule has 0 radical (unpaired) electrons. The standard InChI is InChI=1S/C13H15N2O5PS/c1-15(21(22,18-2)19-3)14-13(17)10-8-20-11-7-5-4-6-9(11)12(10)16/h4-8H,1-3H3,(H,14,17). The highest BCUT2D eigenvalue weighted by atomic mass is 32.5. The summed E-state index contributed by atoms with van der Waals surface area (Å²) in [6.07, 6.45) is 1.12. The molecule has 0 spiro atoms. The number of para-hydroxylation sites is 1. The Kier molecular flexibility index (Phi) is 5.10. The molecule has 7 nitrogen and oxygen atoms in total. The van der Waals surface area contributed by atoms with Crippen molar-refractivity contribution in [2.75, 3.05) is 21.3 Å². The zero-order valence-electron chi connectivity index (χ0n) is 12.2. The van der Waals surface area contributed by atoms with Gasteiger partial charge in [0.2, 0.25) is 5.43 Å². The number of carbonyl (C=O) groups is 1. The topological polar surface area (TPSA) is 81.0 Å². The van der Waals surface area contributed by atoms with Gasteiger partial charge < -0.3 is 13.5 Å². The Morgan fingerprint density at radius 2 is 1.95 bits per heavy atom. The zero-order chi connectivity index (χ0) is 16.3. The van der Waals surface area contributed by atoms with Crippen molar-refractivity contribution in [3.05, 3.63) is 46.3 Å². The summed E-state index contributed by atoms with van der Waals surface area (Å²) in [6, 6.07) is 6.69. The third-order valence-corrected chi connectivity index (χ3v) is 6.40. The number of hydrazine groups is 1. The van der Waals surface area contributed by atoms with Crippen LogP contribution in [0.3, 0.4) is 0 Å². The predicted molar refractivity (Wildman–Crippen MR) is 86.0 cm³/mol. The molecule has 0 fully saturated rings. The Bertz CT molecular complexity index is 798. The van der Waals surface area contributed by atoms with Crippen molar-refractivity contribution in [3.63, 3.8) is 0 Å². The third-order valence-electron chi connectivity index (χ3n) is 3.02. The van der Waals surface area contributed by atoms with Crippen LogP contribution in [0, 0.1) is 0 Å². The van der Waals surface area contributed by atoms with Crippen LogP contribution in [0.5, 0.6) is 0 Å². The Balaban J connectivity index is 2.33. The highest BCUT2D eigenvalue weighted by molar-refractivity contribution is 8.08. The molecule has 0 saturated heterocycles. The first kappa shape index (κ1) is 16.8. The van der Waals surface area contributed by atoms with Crippen LogP contribution >= 0.6 is 6.64 Å². The number of nitrogens with zero attached hydrogens (tertiary/aromatic N) is 1. The van der Waals surface area contributed by atoms with E-state index in [0.29, 0.717) is 11.0 Å². The highest BCUT2D eigenvalue weighted by Crippen LogP contribution is 2.48. The number of hydrogen-bond acceptors (Lipinski definition) is 6. The number of benzene rings is 1. The largest absolute Gasteiger partial charge is 0.463 e. The van der Waals surface area contributed by atoms with E-state index in [1.807, 2.05) is 0 Å². The van der Waals surface area contributed by atoms with E-state index in [2.05, 4.69) is 5.43 Å². The smallest absolute Gasteiger partial charge is 0.281 e. The molecule has 9 heteroatoms. The van der Waals surface area contributed by atoms with Gasteiger partial charge in [-0.25, -0.2) is 0 Å². The second-order valence-corrected chi connectivity index (χ2v) is 7.92. The Morgan fingerprint density at radius 1 is 1.32 bits per heavy atom. The van der Waals surface area contributed by atoms with E-state index in [9.17, 15) is 9.59 Å². The lowest BCUT2D eigenvalue weighted by Gasteiger charge is -2.27. The highest BCUT2D eigenvalue weighted by Gasteiger charge is 2.25. The molecule has 1 aromatic heterocycles. The molecular formula is C13H15N2O5PS. The van der Waals surface area contributed by atoms with Gasteiger partial charge in [-0.05, 0) is 23.9 Å². The molecule has 2 aromatic rings. The quantitative estimate of drug-likeness (QED) is 0.656. The lowest BCUT2D eigenvalue weighted by Crippen LogP contribution is -2.39. The van der Waals surface area contributed by atoms with Gasteiger partial charge in [-0.3, -0.25) is 15.0 Å². The number of nitrogens with one attached hydrogen (secondary N) is 1. The van der Waals surface area contributed by atoms with Gasteiger partial charge in [-0.15, -0.1) is 4.78 Å². The fraction of sp³-hybridized carbons (Fsp3) is 0.231. The molecule has 0 aliphatic carbocycles. The number of fused-ring (bicyclic) bond motifs is 1. The van der Waals surface area contributed by atoms with Crippen LogP contribution in [-0.2, 0) is 20.9 Å². The van der Waals surface area contributed by atoms with Gasteiger partial charge in [0.25, 0.3) is 12.5 Å². The van der Waals surface area contributed by atoms with Crippen LogP contribution in [0.2, 0.25) is 0 Å². The van der Waals surface area contributed by atoms with Gasteiger partial charge in [-0.2, -0.15) is 0 Å². The third kappa shape index (κ3) is 3.11. The normalized spacial score (nSPS) is 11.8. The number of amides is 1. The molecule has 22 heavy (non-hydrogen) atoms. The summed E-state index contributed by atoms with van der Waals surface area (Å²) in [6.45, 7) is -2.81. The second kappa shape index (κ2) is 6.68. The molecule has 118 valence electrons. The van der Waals surface area contributed by atoms with Crippen LogP contribution < -0.4 is 10.9 Å². The second-order valence-electron chi connectivity index (χ2n) is 4.27. The van der Waals surface area contributed by atoms with E-state index >= 15 is 0 Å². The molecular weight excluding hydrogens is 327 g/mol.